The number of hydrogen-bond donors (Lipinski definition) is 1. The molecule has 23 heavy (non-hydrogen) atoms. The third-order valence-corrected chi connectivity index (χ3v) is 5.25. The molecule has 1 amide bonds. The molecule has 0 bridgehead atoms. The van der Waals surface area contributed by atoms with E-state index in [1.54, 1.807) is 0 Å². The van der Waals surface area contributed by atoms with Gasteiger partial charge >= 0.3 is 0 Å². The number of nitrogens with two attached hydrogens (primary N) is 1. The van der Waals surface area contributed by atoms with Crippen LogP contribution in [0.1, 0.15) is 41.0 Å². The van der Waals surface area contributed by atoms with Crippen LogP contribution in [0.15, 0.2) is 0 Å². The first kappa shape index (κ1) is 18.7. The van der Waals surface area contributed by atoms with Crippen molar-refractivity contribution < 1.29 is 4.79 Å². The monoisotopic (exact) mass is 324 g/mol. The molecule has 2 fully saturated rings. The first-order valence-corrected chi connectivity index (χ1v) is 9.21. The van der Waals surface area contributed by atoms with E-state index in [1.807, 2.05) is 4.90 Å². The van der Waals surface area contributed by atoms with Gasteiger partial charge in [0.15, 0.2) is 0 Å². The second kappa shape index (κ2) is 7.49. The molecular weight excluding hydrogens is 288 g/mol. The first-order chi connectivity index (χ1) is 10.7. The summed E-state index contributed by atoms with van der Waals surface area (Å²) in [6, 6.07) is 0.194. The normalized spacial score (nSPS) is 24.7. The molecule has 1 unspecified atom stereocenters. The summed E-state index contributed by atoms with van der Waals surface area (Å²) in [6.07, 6.45) is 0.943. The number of rotatable bonds is 6. The van der Waals surface area contributed by atoms with Gasteiger partial charge in [-0.05, 0) is 32.7 Å². The highest BCUT2D eigenvalue weighted by Crippen LogP contribution is 2.23. The molecule has 0 aromatic heterocycles. The smallest absolute Gasteiger partial charge is 0.225 e. The van der Waals surface area contributed by atoms with Gasteiger partial charge in [0.25, 0.3) is 0 Å². The zero-order valence-electron chi connectivity index (χ0n) is 15.7. The molecule has 0 radical (unpaired) electrons. The standard InChI is InChI=1S/C18H36N4O/c1-14(2)10-20-8-9-22(18(4,5)13-20)7-6-15(3)17(23)21-11-16(19)12-21/h14-16H,6-13,19H2,1-5H3. The van der Waals surface area contributed by atoms with Gasteiger partial charge in [0.1, 0.15) is 0 Å². The van der Waals surface area contributed by atoms with Gasteiger partial charge in [-0.3, -0.25) is 14.6 Å². The molecule has 5 heteroatoms. The molecule has 2 N–H and O–H groups in total. The maximum Gasteiger partial charge on any atom is 0.225 e. The zero-order valence-corrected chi connectivity index (χ0v) is 15.7. The molecule has 0 aromatic rings. The Kier molecular flexibility index (Phi) is 6.09. The van der Waals surface area contributed by atoms with Crippen molar-refractivity contribution in [2.75, 3.05) is 45.8 Å². The van der Waals surface area contributed by atoms with Gasteiger partial charge in [0.2, 0.25) is 5.91 Å². The molecule has 0 aliphatic carbocycles. The van der Waals surface area contributed by atoms with E-state index in [0.717, 1.165) is 51.6 Å². The number of amides is 1. The third-order valence-electron chi connectivity index (χ3n) is 5.25. The highest BCUT2D eigenvalue weighted by molar-refractivity contribution is 5.79. The average Bonchev–Trinajstić information content (AvgIpc) is 2.40. The predicted octanol–water partition coefficient (Wildman–Crippen LogP) is 1.23. The number of hydrogen-bond acceptors (Lipinski definition) is 4. The van der Waals surface area contributed by atoms with Crippen molar-refractivity contribution in [2.45, 2.75) is 52.6 Å². The van der Waals surface area contributed by atoms with Gasteiger partial charge in [0, 0.05) is 56.8 Å². The van der Waals surface area contributed by atoms with Gasteiger partial charge in [-0.25, -0.2) is 0 Å². The topological polar surface area (TPSA) is 52.8 Å². The van der Waals surface area contributed by atoms with Gasteiger partial charge in [-0.1, -0.05) is 20.8 Å². The lowest BCUT2D eigenvalue weighted by Gasteiger charge is -2.48. The Balaban J connectivity index is 1.78. The number of piperazine rings is 1. The van der Waals surface area contributed by atoms with E-state index in [1.165, 1.54) is 6.54 Å². The zero-order chi connectivity index (χ0) is 17.2. The first-order valence-electron chi connectivity index (χ1n) is 9.21. The SMILES string of the molecule is CC(C)CN1CCN(CCC(C)C(=O)N2CC(N)C2)C(C)(C)C1. The van der Waals surface area contributed by atoms with E-state index < -0.39 is 0 Å². The van der Waals surface area contributed by atoms with Crippen molar-refractivity contribution in [1.82, 2.24) is 14.7 Å². The number of likely N-dealkylation sites (tertiary alicyclic amines) is 1. The summed E-state index contributed by atoms with van der Waals surface area (Å²) < 4.78 is 0. The summed E-state index contributed by atoms with van der Waals surface area (Å²) >= 11 is 0. The third kappa shape index (κ3) is 4.91. The molecule has 1 atom stereocenters. The van der Waals surface area contributed by atoms with Crippen LogP contribution in [0.5, 0.6) is 0 Å². The second-order valence-electron chi connectivity index (χ2n) is 8.62. The highest BCUT2D eigenvalue weighted by atomic mass is 16.2. The molecule has 2 saturated heterocycles. The second-order valence-corrected chi connectivity index (χ2v) is 8.62. The van der Waals surface area contributed by atoms with E-state index >= 15 is 0 Å². The Labute approximate surface area is 142 Å². The summed E-state index contributed by atoms with van der Waals surface area (Å²) in [5, 5.41) is 0. The van der Waals surface area contributed by atoms with Crippen molar-refractivity contribution in [3.05, 3.63) is 0 Å². The Bertz CT molecular complexity index is 404. The average molecular weight is 325 g/mol. The lowest BCUT2D eigenvalue weighted by Crippen LogP contribution is -2.60. The maximum atomic E-state index is 12.3. The van der Waals surface area contributed by atoms with E-state index in [0.29, 0.717) is 0 Å². The molecule has 2 rings (SSSR count). The fourth-order valence-corrected chi connectivity index (χ4v) is 3.86. The Morgan fingerprint density at radius 3 is 2.39 bits per heavy atom. The van der Waals surface area contributed by atoms with E-state index in [9.17, 15) is 4.79 Å². The van der Waals surface area contributed by atoms with Gasteiger partial charge in [0.05, 0.1) is 0 Å². The summed E-state index contributed by atoms with van der Waals surface area (Å²) in [4.78, 5) is 19.4. The van der Waals surface area contributed by atoms with Crippen LogP contribution in [0.2, 0.25) is 0 Å². The molecule has 2 aliphatic heterocycles. The van der Waals surface area contributed by atoms with Crippen LogP contribution < -0.4 is 5.73 Å². The van der Waals surface area contributed by atoms with Crippen LogP contribution >= 0.6 is 0 Å². The van der Waals surface area contributed by atoms with Crippen LogP contribution in [0, 0.1) is 11.8 Å². The fourth-order valence-electron chi connectivity index (χ4n) is 3.86. The molecule has 0 saturated carbocycles. The van der Waals surface area contributed by atoms with Crippen LogP contribution in [0.3, 0.4) is 0 Å². The van der Waals surface area contributed by atoms with Crippen LogP contribution in [-0.4, -0.2) is 78.0 Å². The summed E-state index contributed by atoms with van der Waals surface area (Å²) in [5.41, 5.74) is 5.96. The minimum atomic E-state index is 0.104. The van der Waals surface area contributed by atoms with E-state index in [-0.39, 0.29) is 23.4 Å². The van der Waals surface area contributed by atoms with Gasteiger partial charge in [-0.15, -0.1) is 0 Å². The minimum absolute atomic E-state index is 0.104. The Morgan fingerprint density at radius 2 is 1.87 bits per heavy atom. The highest BCUT2D eigenvalue weighted by Gasteiger charge is 2.35. The Hall–Kier alpha value is -0.650. The molecular formula is C18H36N4O. The summed E-state index contributed by atoms with van der Waals surface area (Å²) in [6.45, 7) is 18.3. The number of carbonyl (C=O) groups excluding carboxylic acids is 1. The predicted molar refractivity (Wildman–Crippen MR) is 95.3 cm³/mol. The molecule has 2 heterocycles. The number of nitrogens with zero attached hydrogens (tertiary/aromatic N) is 3. The lowest BCUT2D eigenvalue weighted by molar-refractivity contribution is -0.139. The molecule has 0 aromatic carbocycles. The van der Waals surface area contributed by atoms with Crippen molar-refractivity contribution in [1.29, 1.82) is 0 Å². The minimum Gasteiger partial charge on any atom is -0.339 e. The molecule has 134 valence electrons. The van der Waals surface area contributed by atoms with Gasteiger partial charge in [-0.2, -0.15) is 0 Å². The Morgan fingerprint density at radius 1 is 1.22 bits per heavy atom. The fraction of sp³-hybridized carbons (Fsp3) is 0.944. The molecule has 5 nitrogen and oxygen atoms in total. The molecule has 2 aliphatic rings. The molecule has 0 spiro atoms. The van der Waals surface area contributed by atoms with Crippen molar-refractivity contribution in [3.63, 3.8) is 0 Å². The summed E-state index contributed by atoms with van der Waals surface area (Å²) in [5.74, 6) is 1.10. The van der Waals surface area contributed by atoms with E-state index in [4.69, 9.17) is 5.73 Å². The van der Waals surface area contributed by atoms with Crippen LogP contribution in [0.4, 0.5) is 0 Å². The summed E-state index contributed by atoms with van der Waals surface area (Å²) in [7, 11) is 0. The quantitative estimate of drug-likeness (QED) is 0.798. The van der Waals surface area contributed by atoms with Crippen LogP contribution in [0.25, 0.3) is 0 Å². The van der Waals surface area contributed by atoms with Crippen molar-refractivity contribution in [3.8, 4) is 0 Å². The van der Waals surface area contributed by atoms with Crippen LogP contribution in [-0.2, 0) is 4.79 Å². The van der Waals surface area contributed by atoms with Crippen molar-refractivity contribution >= 4 is 5.91 Å². The largest absolute Gasteiger partial charge is 0.339 e. The van der Waals surface area contributed by atoms with Gasteiger partial charge < -0.3 is 10.6 Å². The van der Waals surface area contributed by atoms with Crippen molar-refractivity contribution in [2.24, 2.45) is 17.6 Å². The lowest BCUT2D eigenvalue weighted by atomic mass is 9.95. The maximum absolute atomic E-state index is 12.3. The number of carbonyl (C=O) groups is 1. The van der Waals surface area contributed by atoms with E-state index in [2.05, 4.69) is 44.4 Å².